The van der Waals surface area contributed by atoms with Gasteiger partial charge in [0.25, 0.3) is 0 Å². The summed E-state index contributed by atoms with van der Waals surface area (Å²) in [6.45, 7) is 5.43. The first-order valence-corrected chi connectivity index (χ1v) is 9.88. The molecule has 0 saturated carbocycles. The third-order valence-corrected chi connectivity index (χ3v) is 5.82. The fourth-order valence-electron chi connectivity index (χ4n) is 4.24. The predicted octanol–water partition coefficient (Wildman–Crippen LogP) is 2.17. The lowest BCUT2D eigenvalue weighted by Crippen LogP contribution is -2.50. The lowest BCUT2D eigenvalue weighted by molar-refractivity contribution is -0.137. The number of benzene rings is 1. The van der Waals surface area contributed by atoms with E-state index in [1.54, 1.807) is 0 Å². The zero-order valence-electron chi connectivity index (χ0n) is 16.1. The van der Waals surface area contributed by atoms with Crippen LogP contribution in [0, 0.1) is 0 Å². The highest BCUT2D eigenvalue weighted by Crippen LogP contribution is 2.23. The quantitative estimate of drug-likeness (QED) is 0.837. The summed E-state index contributed by atoms with van der Waals surface area (Å²) in [5.41, 5.74) is 3.96. The number of carbonyl (C=O) groups excluding carboxylic acids is 1. The number of fused-ring (bicyclic) bond motifs is 1. The number of amides is 1. The molecule has 0 bridgehead atoms. The van der Waals surface area contributed by atoms with Crippen molar-refractivity contribution in [3.63, 3.8) is 0 Å². The summed E-state index contributed by atoms with van der Waals surface area (Å²) in [4.78, 5) is 24.1. The van der Waals surface area contributed by atoms with Crippen molar-refractivity contribution in [3.8, 4) is 0 Å². The van der Waals surface area contributed by atoms with Crippen molar-refractivity contribution in [1.29, 1.82) is 0 Å². The van der Waals surface area contributed by atoms with Crippen LogP contribution in [0.4, 0.5) is 0 Å². The molecule has 1 atom stereocenters. The van der Waals surface area contributed by atoms with Gasteiger partial charge in [0.1, 0.15) is 0 Å². The van der Waals surface area contributed by atoms with Gasteiger partial charge in [-0.2, -0.15) is 0 Å². The van der Waals surface area contributed by atoms with E-state index < -0.39 is 0 Å². The second-order valence-electron chi connectivity index (χ2n) is 7.71. The van der Waals surface area contributed by atoms with E-state index in [-0.39, 0.29) is 11.9 Å². The maximum absolute atomic E-state index is 13.2. The largest absolute Gasteiger partial charge is 0.340 e. The SMILES string of the molecule is CN1Cc2ccccc2C[C@@H]1C(=O)N1CCCN(Cc2ccncc2)CC1. The average Bonchev–Trinajstić information content (AvgIpc) is 2.93. The Morgan fingerprint density at radius 3 is 2.63 bits per heavy atom. The number of hydrogen-bond donors (Lipinski definition) is 0. The molecule has 2 aromatic rings. The molecule has 3 heterocycles. The van der Waals surface area contributed by atoms with Crippen LogP contribution in [0.1, 0.15) is 23.1 Å². The molecule has 0 aliphatic carbocycles. The topological polar surface area (TPSA) is 39.7 Å². The first-order valence-electron chi connectivity index (χ1n) is 9.88. The van der Waals surface area contributed by atoms with Crippen LogP contribution in [-0.4, -0.2) is 64.9 Å². The van der Waals surface area contributed by atoms with Gasteiger partial charge in [0.15, 0.2) is 0 Å². The van der Waals surface area contributed by atoms with E-state index in [4.69, 9.17) is 0 Å². The van der Waals surface area contributed by atoms with Crippen molar-refractivity contribution in [1.82, 2.24) is 19.7 Å². The fourth-order valence-corrected chi connectivity index (χ4v) is 4.24. The van der Waals surface area contributed by atoms with Gasteiger partial charge in [-0.25, -0.2) is 0 Å². The number of pyridine rings is 1. The van der Waals surface area contributed by atoms with E-state index in [1.807, 2.05) is 12.4 Å². The minimum atomic E-state index is -0.0355. The molecular weight excluding hydrogens is 336 g/mol. The number of likely N-dealkylation sites (N-methyl/N-ethyl adjacent to an activating group) is 1. The number of rotatable bonds is 3. The van der Waals surface area contributed by atoms with E-state index >= 15 is 0 Å². The first-order chi connectivity index (χ1) is 13.2. The van der Waals surface area contributed by atoms with Gasteiger partial charge in [0.2, 0.25) is 5.91 Å². The van der Waals surface area contributed by atoms with Crippen molar-refractivity contribution in [2.45, 2.75) is 32.0 Å². The van der Waals surface area contributed by atoms with Crippen LogP contribution < -0.4 is 0 Å². The van der Waals surface area contributed by atoms with Gasteiger partial charge in [-0.1, -0.05) is 24.3 Å². The van der Waals surface area contributed by atoms with Crippen molar-refractivity contribution in [2.75, 3.05) is 33.2 Å². The molecule has 27 heavy (non-hydrogen) atoms. The average molecular weight is 364 g/mol. The monoisotopic (exact) mass is 364 g/mol. The Labute approximate surface area is 161 Å². The Bertz CT molecular complexity index is 779. The first kappa shape index (κ1) is 18.1. The Morgan fingerprint density at radius 2 is 1.81 bits per heavy atom. The van der Waals surface area contributed by atoms with Crippen LogP contribution >= 0.6 is 0 Å². The molecule has 5 nitrogen and oxygen atoms in total. The maximum Gasteiger partial charge on any atom is 0.240 e. The zero-order chi connectivity index (χ0) is 18.6. The fraction of sp³-hybridized carbons (Fsp3) is 0.455. The molecule has 2 aliphatic rings. The normalized spacial score (nSPS) is 21.5. The molecule has 5 heteroatoms. The summed E-state index contributed by atoms with van der Waals surface area (Å²) in [5.74, 6) is 0.290. The summed E-state index contributed by atoms with van der Waals surface area (Å²) in [6.07, 6.45) is 5.55. The van der Waals surface area contributed by atoms with Gasteiger partial charge in [0.05, 0.1) is 6.04 Å². The maximum atomic E-state index is 13.2. The molecule has 2 aliphatic heterocycles. The molecule has 1 aromatic carbocycles. The number of nitrogens with zero attached hydrogens (tertiary/aromatic N) is 4. The summed E-state index contributed by atoms with van der Waals surface area (Å²) >= 11 is 0. The van der Waals surface area contributed by atoms with Crippen molar-refractivity contribution in [3.05, 3.63) is 65.5 Å². The molecule has 1 fully saturated rings. The summed E-state index contributed by atoms with van der Waals surface area (Å²) in [6, 6.07) is 12.6. The van der Waals surface area contributed by atoms with Gasteiger partial charge < -0.3 is 4.90 Å². The van der Waals surface area contributed by atoms with Crippen LogP contribution in [0.3, 0.4) is 0 Å². The van der Waals surface area contributed by atoms with E-state index in [0.717, 1.165) is 52.1 Å². The molecule has 142 valence electrons. The molecule has 0 unspecified atom stereocenters. The third-order valence-electron chi connectivity index (χ3n) is 5.82. The molecule has 0 N–H and O–H groups in total. The Hall–Kier alpha value is -2.24. The van der Waals surface area contributed by atoms with E-state index in [0.29, 0.717) is 0 Å². The second-order valence-corrected chi connectivity index (χ2v) is 7.71. The third kappa shape index (κ3) is 4.20. The minimum Gasteiger partial charge on any atom is -0.340 e. The van der Waals surface area contributed by atoms with Crippen LogP contribution in [0.15, 0.2) is 48.8 Å². The lowest BCUT2D eigenvalue weighted by atomic mass is 9.93. The lowest BCUT2D eigenvalue weighted by Gasteiger charge is -2.36. The highest BCUT2D eigenvalue weighted by atomic mass is 16.2. The van der Waals surface area contributed by atoms with Crippen LogP contribution in [0.25, 0.3) is 0 Å². The number of carbonyl (C=O) groups is 1. The Kier molecular flexibility index (Phi) is 5.50. The molecule has 1 aromatic heterocycles. The molecule has 1 amide bonds. The predicted molar refractivity (Wildman–Crippen MR) is 106 cm³/mol. The van der Waals surface area contributed by atoms with Gasteiger partial charge in [-0.15, -0.1) is 0 Å². The number of aromatic nitrogens is 1. The molecular formula is C22H28N4O. The Morgan fingerprint density at radius 1 is 1.04 bits per heavy atom. The minimum absolute atomic E-state index is 0.0355. The van der Waals surface area contributed by atoms with Crippen LogP contribution in [-0.2, 0) is 24.3 Å². The van der Waals surface area contributed by atoms with Crippen molar-refractivity contribution < 1.29 is 4.79 Å². The van der Waals surface area contributed by atoms with Gasteiger partial charge in [-0.3, -0.25) is 19.6 Å². The molecule has 0 spiro atoms. The summed E-state index contributed by atoms with van der Waals surface area (Å²) < 4.78 is 0. The highest BCUT2D eigenvalue weighted by molar-refractivity contribution is 5.82. The van der Waals surface area contributed by atoms with Gasteiger partial charge >= 0.3 is 0 Å². The van der Waals surface area contributed by atoms with Gasteiger partial charge in [-0.05, 0) is 48.7 Å². The smallest absolute Gasteiger partial charge is 0.240 e. The number of hydrogen-bond acceptors (Lipinski definition) is 4. The summed E-state index contributed by atoms with van der Waals surface area (Å²) in [7, 11) is 2.08. The standard InChI is InChI=1S/C22H28N4O/c1-24-17-20-6-3-2-5-19(20)15-21(24)22(27)26-12-4-11-25(13-14-26)16-18-7-9-23-10-8-18/h2-3,5-10,21H,4,11-17H2,1H3/t21-/m1/s1. The van der Waals surface area contributed by atoms with E-state index in [1.165, 1.54) is 16.7 Å². The van der Waals surface area contributed by atoms with E-state index in [9.17, 15) is 4.79 Å². The van der Waals surface area contributed by atoms with Gasteiger partial charge in [0, 0.05) is 51.7 Å². The van der Waals surface area contributed by atoms with Crippen LogP contribution in [0.2, 0.25) is 0 Å². The summed E-state index contributed by atoms with van der Waals surface area (Å²) in [5, 5.41) is 0. The highest BCUT2D eigenvalue weighted by Gasteiger charge is 2.32. The molecule has 1 saturated heterocycles. The zero-order valence-corrected chi connectivity index (χ0v) is 16.1. The van der Waals surface area contributed by atoms with E-state index in [2.05, 4.69) is 63.1 Å². The van der Waals surface area contributed by atoms with Crippen molar-refractivity contribution in [2.24, 2.45) is 0 Å². The van der Waals surface area contributed by atoms with Crippen LogP contribution in [0.5, 0.6) is 0 Å². The molecule has 0 radical (unpaired) electrons. The molecule has 4 rings (SSSR count). The van der Waals surface area contributed by atoms with Crippen molar-refractivity contribution >= 4 is 5.91 Å². The Balaban J connectivity index is 1.38. The second kappa shape index (κ2) is 8.19.